The van der Waals surface area contributed by atoms with Crippen molar-refractivity contribution in [2.45, 2.75) is 245 Å². The summed E-state index contributed by atoms with van der Waals surface area (Å²) in [6, 6.07) is -0.310. The number of halogens is 1. The lowest BCUT2D eigenvalue weighted by Gasteiger charge is -2.44. The highest BCUT2D eigenvalue weighted by Crippen LogP contribution is 2.33. The molecule has 0 bridgehead atoms. The highest BCUT2D eigenvalue weighted by atomic mass is 19.1. The lowest BCUT2D eigenvalue weighted by molar-refractivity contribution is -0.139. The smallest absolute Gasteiger partial charge is 0.300 e. The van der Waals surface area contributed by atoms with Gasteiger partial charge in [-0.25, -0.2) is 4.39 Å². The van der Waals surface area contributed by atoms with Crippen LogP contribution in [0.2, 0.25) is 0 Å². The van der Waals surface area contributed by atoms with E-state index < -0.39 is 112 Å². The Bertz CT molecular complexity index is 2560. The largest absolute Gasteiger partial charge is 0.481 e. The maximum atomic E-state index is 14.4. The number of carbonyl (C=O) groups excluding carboxylic acids is 10. The molecule has 2 aliphatic carbocycles. The maximum absolute atomic E-state index is 14.4. The molecule has 1 heterocycles. The van der Waals surface area contributed by atoms with E-state index in [1.54, 1.807) is 0 Å². The van der Waals surface area contributed by atoms with Crippen LogP contribution in [0.3, 0.4) is 0 Å². The number of carboxylic acids is 1. The van der Waals surface area contributed by atoms with Gasteiger partial charge in [0, 0.05) is 38.5 Å². The zero-order valence-corrected chi connectivity index (χ0v) is 55.2. The van der Waals surface area contributed by atoms with Gasteiger partial charge in [0.2, 0.25) is 53.2 Å². The Morgan fingerprint density at radius 2 is 1.09 bits per heavy atom. The third kappa shape index (κ3) is 25.0. The molecule has 23 nitrogen and oxygen atoms in total. The van der Waals surface area contributed by atoms with Crippen LogP contribution in [0.4, 0.5) is 4.39 Å². The molecule has 2 saturated carbocycles. The van der Waals surface area contributed by atoms with Crippen molar-refractivity contribution >= 4 is 65.0 Å². The van der Waals surface area contributed by atoms with Gasteiger partial charge in [-0.05, 0) is 168 Å². The van der Waals surface area contributed by atoms with Gasteiger partial charge in [0.05, 0.1) is 5.54 Å². The predicted molar refractivity (Wildman–Crippen MR) is 333 cm³/mol. The average Bonchev–Trinajstić information content (AvgIpc) is 1.38. The molecule has 0 spiro atoms. The van der Waals surface area contributed by atoms with Gasteiger partial charge in [0.25, 0.3) is 11.9 Å². The van der Waals surface area contributed by atoms with Gasteiger partial charge in [0.1, 0.15) is 52.6 Å². The van der Waals surface area contributed by atoms with Crippen LogP contribution in [0.15, 0.2) is 24.3 Å². The second kappa shape index (κ2) is 34.3. The van der Waals surface area contributed by atoms with Gasteiger partial charge in [-0.3, -0.25) is 52.7 Å². The quantitative estimate of drug-likeness (QED) is 0.0481. The molecule has 0 radical (unpaired) electrons. The summed E-state index contributed by atoms with van der Waals surface area (Å²) in [7, 11) is 3.91. The topological polar surface area (TPSA) is 323 Å². The predicted octanol–water partition coefficient (Wildman–Crippen LogP) is 4.75. The number of carbonyl (C=O) groups is 11. The molecule has 10 N–H and O–H groups in total. The third-order valence-electron chi connectivity index (χ3n) is 16.1. The van der Waals surface area contributed by atoms with Crippen LogP contribution < -0.4 is 47.9 Å². The van der Waals surface area contributed by atoms with Gasteiger partial charge < -0.3 is 62.8 Å². The fourth-order valence-electron chi connectivity index (χ4n) is 11.2. The van der Waals surface area contributed by atoms with E-state index in [2.05, 4.69) is 47.9 Å². The van der Waals surface area contributed by atoms with Crippen LogP contribution in [0.1, 0.15) is 203 Å². The minimum Gasteiger partial charge on any atom is -0.481 e. The maximum Gasteiger partial charge on any atom is 0.300 e. The molecule has 0 aromatic heterocycles. The molecule has 10 amide bonds. The summed E-state index contributed by atoms with van der Waals surface area (Å²) < 4.78 is 13.7. The minimum atomic E-state index is -1.65. The zero-order chi connectivity index (χ0) is 66.5. The first-order valence-corrected chi connectivity index (χ1v) is 31.6. The molecule has 3 fully saturated rings. The van der Waals surface area contributed by atoms with E-state index in [9.17, 15) is 52.3 Å². The van der Waals surface area contributed by atoms with E-state index in [0.717, 1.165) is 64.8 Å². The number of aliphatic carboxylic acids is 1. The first-order chi connectivity index (χ1) is 40.9. The van der Waals surface area contributed by atoms with Crippen molar-refractivity contribution < 1.29 is 62.2 Å². The molecule has 0 unspecified atom stereocenters. The molecule has 3 aliphatic rings. The van der Waals surface area contributed by atoms with E-state index in [1.165, 1.54) is 70.7 Å². The van der Waals surface area contributed by atoms with Gasteiger partial charge in [-0.2, -0.15) is 0 Å². The lowest BCUT2D eigenvalue weighted by atomic mass is 9.76. The van der Waals surface area contributed by atoms with Gasteiger partial charge in [-0.15, -0.1) is 0 Å². The van der Waals surface area contributed by atoms with Crippen molar-refractivity contribution in [2.24, 2.45) is 23.7 Å². The number of carboxylic acid groups (broad SMARTS) is 1. The van der Waals surface area contributed by atoms with Crippen molar-refractivity contribution in [2.75, 3.05) is 33.7 Å². The summed E-state index contributed by atoms with van der Waals surface area (Å²) in [6.45, 7) is 22.2. The van der Waals surface area contributed by atoms with Crippen molar-refractivity contribution in [1.29, 1.82) is 0 Å². The first kappa shape index (κ1) is 75.5. The van der Waals surface area contributed by atoms with Crippen LogP contribution in [0.25, 0.3) is 0 Å². The fourth-order valence-corrected chi connectivity index (χ4v) is 11.2. The molecule has 1 aliphatic heterocycles. The van der Waals surface area contributed by atoms with Crippen molar-refractivity contribution in [1.82, 2.24) is 57.7 Å². The number of likely N-dealkylation sites (N-methyl/N-ethyl adjacent to an activating group) is 1. The molecule has 4 rings (SSSR count). The number of hydrogen-bond acceptors (Lipinski definition) is 12. The van der Waals surface area contributed by atoms with E-state index in [4.69, 9.17) is 9.90 Å². The van der Waals surface area contributed by atoms with Crippen LogP contribution in [-0.4, -0.2) is 166 Å². The molecule has 496 valence electrons. The summed E-state index contributed by atoms with van der Waals surface area (Å²) in [5.74, 6) is -7.02. The van der Waals surface area contributed by atoms with Crippen LogP contribution in [0.5, 0.6) is 0 Å². The van der Waals surface area contributed by atoms with Crippen molar-refractivity contribution in [3.63, 3.8) is 0 Å². The summed E-state index contributed by atoms with van der Waals surface area (Å²) in [4.78, 5) is 152. The number of likely N-dealkylation sites (tertiary alicyclic amines) is 1. The summed E-state index contributed by atoms with van der Waals surface area (Å²) in [5, 5.41) is 32.9. The molecular formula is C64H106FN11O12. The van der Waals surface area contributed by atoms with E-state index in [-0.39, 0.29) is 73.4 Å². The SMILES string of the molecule is CC(=O)O.CC(C)C[C@H](NC(=O)[C@H](CCC1CCCCC1)NC(=O)[C@@H]1CCCN1C(=O)c1ccc(F)cc1)C(=O)NC(C)(C)C(=O)N[C@@H](CC(C)C)C(=O)N[C@@H](CC(C)C)C(=O)NC(C)(C)C(=O)NC(C)(C)C(=O)NCCC(=O)NC1(CN(C)C)CCC1. The Hall–Kier alpha value is -6.72. The normalized spacial score (nSPS) is 17.4. The average molecular weight is 1240 g/mol. The Morgan fingerprint density at radius 3 is 1.57 bits per heavy atom. The number of hydrogen-bond donors (Lipinski definition) is 10. The number of benzene rings is 1. The third-order valence-corrected chi connectivity index (χ3v) is 16.1. The number of nitrogens with zero attached hydrogens (tertiary/aromatic N) is 2. The lowest BCUT2D eigenvalue weighted by Crippen LogP contribution is -2.65. The number of nitrogens with one attached hydrogen (secondary N) is 9. The highest BCUT2D eigenvalue weighted by Gasteiger charge is 2.43. The second-order valence-electron chi connectivity index (χ2n) is 27.6. The van der Waals surface area contributed by atoms with Crippen molar-refractivity contribution in [3.05, 3.63) is 35.6 Å². The Labute approximate surface area is 521 Å². The molecular weight excluding hydrogens is 1130 g/mol. The molecule has 88 heavy (non-hydrogen) atoms. The minimum absolute atomic E-state index is 0.0438. The molecule has 1 aromatic rings. The zero-order valence-electron chi connectivity index (χ0n) is 55.2. The number of rotatable bonds is 31. The van der Waals surface area contributed by atoms with Crippen LogP contribution in [0, 0.1) is 29.5 Å². The van der Waals surface area contributed by atoms with Gasteiger partial charge in [0.15, 0.2) is 0 Å². The van der Waals surface area contributed by atoms with E-state index in [0.29, 0.717) is 31.7 Å². The highest BCUT2D eigenvalue weighted by molar-refractivity contribution is 6.01. The van der Waals surface area contributed by atoms with Gasteiger partial charge in [-0.1, -0.05) is 73.6 Å². The van der Waals surface area contributed by atoms with Crippen molar-refractivity contribution in [3.8, 4) is 0 Å². The Kier molecular flexibility index (Phi) is 29.4. The first-order valence-electron chi connectivity index (χ1n) is 31.6. The fraction of sp³-hybridized carbons (Fsp3) is 0.734. The summed E-state index contributed by atoms with van der Waals surface area (Å²) in [6.07, 6.45) is 10.5. The monoisotopic (exact) mass is 1240 g/mol. The molecule has 24 heteroatoms. The number of amides is 10. The summed E-state index contributed by atoms with van der Waals surface area (Å²) >= 11 is 0. The van der Waals surface area contributed by atoms with Crippen LogP contribution >= 0.6 is 0 Å². The molecule has 1 aromatic carbocycles. The van der Waals surface area contributed by atoms with Crippen LogP contribution in [-0.2, 0) is 47.9 Å². The molecule has 5 atom stereocenters. The van der Waals surface area contributed by atoms with Gasteiger partial charge >= 0.3 is 0 Å². The molecule has 1 saturated heterocycles. The Balaban J connectivity index is 0.00000490. The standard InChI is InChI=1S/C62H102FN11O10.C2H4O2/c1-38(2)34-45(51(77)67-47(36-40(5)6)53(79)71-61(11,12)58(84)72-59(7,8)56(82)64-32-29-49(75)69-62(30-19-31-62)37-73(13)14)68-57(83)60(9,10)70-52(78)46(35-39(3)4)66-50(76)44(28-23-41-20-16-15-17-21-41)65-54(80)48-22-18-33-74(48)55(81)42-24-26-43(63)27-25-42;1-2(3)4/h24-27,38-41,44-48H,15-23,28-37H2,1-14H3,(H,64,82)(H,65,80)(H,66,76)(H,67,77)(H,68,83)(H,69,75)(H,70,78)(H,71,79)(H,72,84);1H3,(H,3,4)/t44-,45-,46-,47-,48-;/m0./s1. The van der Waals surface area contributed by atoms with E-state index in [1.807, 2.05) is 60.5 Å². The Morgan fingerprint density at radius 1 is 0.614 bits per heavy atom. The van der Waals surface area contributed by atoms with E-state index >= 15 is 0 Å². The summed E-state index contributed by atoms with van der Waals surface area (Å²) in [5.41, 5.74) is -4.73. The second-order valence-corrected chi connectivity index (χ2v) is 27.6.